The average Bonchev–Trinajstić information content (AvgIpc) is 2.65. The lowest BCUT2D eigenvalue weighted by Gasteiger charge is -2.36. The highest BCUT2D eigenvalue weighted by atomic mass is 16.5. The Hall–Kier alpha value is -2.37. The van der Waals surface area contributed by atoms with Crippen LogP contribution in [0.3, 0.4) is 0 Å². The van der Waals surface area contributed by atoms with Gasteiger partial charge in [0.2, 0.25) is 0 Å². The van der Waals surface area contributed by atoms with Crippen molar-refractivity contribution in [3.05, 3.63) is 35.4 Å². The molecule has 0 aliphatic carbocycles. The SMILES string of the molecule is CCC1CCCCN1C(=O)C(C)OC(=O)CNC(=O)c1ccccc1C. The molecule has 0 saturated carbocycles. The maximum atomic E-state index is 12.6. The highest BCUT2D eigenvalue weighted by Gasteiger charge is 2.30. The Morgan fingerprint density at radius 3 is 2.69 bits per heavy atom. The van der Waals surface area contributed by atoms with Gasteiger partial charge in [-0.3, -0.25) is 14.4 Å². The molecule has 1 N–H and O–H groups in total. The first-order valence-electron chi connectivity index (χ1n) is 9.27. The minimum Gasteiger partial charge on any atom is -0.451 e. The highest BCUT2D eigenvalue weighted by molar-refractivity contribution is 5.97. The van der Waals surface area contributed by atoms with Crippen molar-refractivity contribution < 1.29 is 19.1 Å². The van der Waals surface area contributed by atoms with E-state index in [2.05, 4.69) is 12.2 Å². The number of carbonyl (C=O) groups excluding carboxylic acids is 3. The Balaban J connectivity index is 1.84. The van der Waals surface area contributed by atoms with Crippen LogP contribution in [0.1, 0.15) is 55.5 Å². The van der Waals surface area contributed by atoms with Crippen molar-refractivity contribution >= 4 is 17.8 Å². The summed E-state index contributed by atoms with van der Waals surface area (Å²) < 4.78 is 5.23. The molecule has 6 nitrogen and oxygen atoms in total. The Labute approximate surface area is 154 Å². The molecular weight excluding hydrogens is 332 g/mol. The molecule has 6 heteroatoms. The number of ether oxygens (including phenoxy) is 1. The second-order valence-corrected chi connectivity index (χ2v) is 6.72. The second-order valence-electron chi connectivity index (χ2n) is 6.72. The molecule has 142 valence electrons. The van der Waals surface area contributed by atoms with Crippen LogP contribution in [0.25, 0.3) is 0 Å². The Kier molecular flexibility index (Phi) is 7.18. The fraction of sp³-hybridized carbons (Fsp3) is 0.550. The van der Waals surface area contributed by atoms with Gasteiger partial charge in [-0.2, -0.15) is 0 Å². The van der Waals surface area contributed by atoms with Crippen molar-refractivity contribution in [1.29, 1.82) is 0 Å². The third-order valence-electron chi connectivity index (χ3n) is 4.82. The Morgan fingerprint density at radius 1 is 1.27 bits per heavy atom. The van der Waals surface area contributed by atoms with E-state index in [1.807, 2.05) is 24.0 Å². The van der Waals surface area contributed by atoms with Crippen molar-refractivity contribution in [2.45, 2.75) is 58.6 Å². The molecule has 2 rings (SSSR count). The summed E-state index contributed by atoms with van der Waals surface area (Å²) in [7, 11) is 0. The second kappa shape index (κ2) is 9.36. The van der Waals surface area contributed by atoms with E-state index in [1.165, 1.54) is 0 Å². The van der Waals surface area contributed by atoms with Gasteiger partial charge in [0.1, 0.15) is 6.54 Å². The molecule has 0 bridgehead atoms. The van der Waals surface area contributed by atoms with Crippen LogP contribution in [0.15, 0.2) is 24.3 Å². The molecule has 26 heavy (non-hydrogen) atoms. The molecule has 1 fully saturated rings. The van der Waals surface area contributed by atoms with Gasteiger partial charge in [-0.1, -0.05) is 25.1 Å². The summed E-state index contributed by atoms with van der Waals surface area (Å²) in [6.45, 7) is 5.93. The zero-order valence-electron chi connectivity index (χ0n) is 15.8. The topological polar surface area (TPSA) is 75.7 Å². The molecule has 2 unspecified atom stereocenters. The number of likely N-dealkylation sites (tertiary alicyclic amines) is 1. The van der Waals surface area contributed by atoms with Gasteiger partial charge in [0.05, 0.1) is 0 Å². The van der Waals surface area contributed by atoms with Gasteiger partial charge in [-0.05, 0) is 51.2 Å². The largest absolute Gasteiger partial charge is 0.451 e. The van der Waals surface area contributed by atoms with Gasteiger partial charge >= 0.3 is 5.97 Å². The number of aryl methyl sites for hydroxylation is 1. The summed E-state index contributed by atoms with van der Waals surface area (Å²) in [6.07, 6.45) is 3.16. The number of piperidine rings is 1. The summed E-state index contributed by atoms with van der Waals surface area (Å²) >= 11 is 0. The minimum absolute atomic E-state index is 0.157. The Bertz CT molecular complexity index is 659. The fourth-order valence-electron chi connectivity index (χ4n) is 3.31. The first-order valence-corrected chi connectivity index (χ1v) is 9.27. The van der Waals surface area contributed by atoms with Gasteiger partial charge in [0.25, 0.3) is 11.8 Å². The lowest BCUT2D eigenvalue weighted by atomic mass is 9.99. The summed E-state index contributed by atoms with van der Waals surface area (Å²) in [4.78, 5) is 38.5. The molecule has 1 aromatic rings. The summed E-state index contributed by atoms with van der Waals surface area (Å²) in [5.41, 5.74) is 1.35. The van der Waals surface area contributed by atoms with Crippen LogP contribution in [-0.2, 0) is 14.3 Å². The van der Waals surface area contributed by atoms with Gasteiger partial charge in [0, 0.05) is 18.2 Å². The zero-order chi connectivity index (χ0) is 19.1. The van der Waals surface area contributed by atoms with Crippen molar-refractivity contribution in [3.8, 4) is 0 Å². The van der Waals surface area contributed by atoms with Crippen molar-refractivity contribution in [3.63, 3.8) is 0 Å². The zero-order valence-corrected chi connectivity index (χ0v) is 15.8. The predicted molar refractivity (Wildman–Crippen MR) is 98.7 cm³/mol. The lowest BCUT2D eigenvalue weighted by Crippen LogP contribution is -2.48. The van der Waals surface area contributed by atoms with E-state index in [1.54, 1.807) is 19.1 Å². The molecule has 1 heterocycles. The van der Waals surface area contributed by atoms with E-state index in [0.717, 1.165) is 31.2 Å². The normalized spacial score (nSPS) is 18.1. The predicted octanol–water partition coefficient (Wildman–Crippen LogP) is 2.45. The number of benzene rings is 1. The first kappa shape index (κ1) is 19.9. The lowest BCUT2D eigenvalue weighted by molar-refractivity contribution is -0.160. The molecule has 0 radical (unpaired) electrons. The Morgan fingerprint density at radius 2 is 2.00 bits per heavy atom. The van der Waals surface area contributed by atoms with E-state index in [0.29, 0.717) is 12.1 Å². The van der Waals surface area contributed by atoms with Crippen LogP contribution in [-0.4, -0.2) is 47.9 Å². The number of nitrogens with one attached hydrogen (secondary N) is 1. The first-order chi connectivity index (χ1) is 12.4. The highest BCUT2D eigenvalue weighted by Crippen LogP contribution is 2.20. The number of nitrogens with zero attached hydrogens (tertiary/aromatic N) is 1. The number of carbonyl (C=O) groups is 3. The molecule has 1 saturated heterocycles. The van der Waals surface area contributed by atoms with Crippen LogP contribution < -0.4 is 5.32 Å². The molecule has 0 aromatic heterocycles. The van der Waals surface area contributed by atoms with Gasteiger partial charge in [-0.25, -0.2) is 0 Å². The smallest absolute Gasteiger partial charge is 0.326 e. The van der Waals surface area contributed by atoms with Crippen LogP contribution in [0.2, 0.25) is 0 Å². The maximum Gasteiger partial charge on any atom is 0.326 e. The number of amides is 2. The average molecular weight is 360 g/mol. The summed E-state index contributed by atoms with van der Waals surface area (Å²) in [5.74, 6) is -1.10. The molecule has 1 aliphatic rings. The van der Waals surface area contributed by atoms with E-state index in [4.69, 9.17) is 4.74 Å². The molecule has 1 aromatic carbocycles. The summed E-state index contributed by atoms with van der Waals surface area (Å²) in [6, 6.07) is 7.36. The number of esters is 1. The van der Waals surface area contributed by atoms with Crippen molar-refractivity contribution in [2.24, 2.45) is 0 Å². The quantitative estimate of drug-likeness (QED) is 0.791. The van der Waals surface area contributed by atoms with Crippen LogP contribution >= 0.6 is 0 Å². The summed E-state index contributed by atoms with van der Waals surface area (Å²) in [5, 5.41) is 2.54. The van der Waals surface area contributed by atoms with Crippen LogP contribution in [0.4, 0.5) is 0 Å². The van der Waals surface area contributed by atoms with E-state index in [-0.39, 0.29) is 24.4 Å². The van der Waals surface area contributed by atoms with Crippen molar-refractivity contribution in [1.82, 2.24) is 10.2 Å². The molecule has 2 amide bonds. The van der Waals surface area contributed by atoms with Crippen molar-refractivity contribution in [2.75, 3.05) is 13.1 Å². The van der Waals surface area contributed by atoms with Crippen LogP contribution in [0.5, 0.6) is 0 Å². The van der Waals surface area contributed by atoms with Gasteiger partial charge in [0.15, 0.2) is 6.10 Å². The standard InChI is InChI=1S/C20H28N2O4/c1-4-16-10-7-8-12-22(16)20(25)15(3)26-18(23)13-21-19(24)17-11-6-5-9-14(17)2/h5-6,9,11,15-16H,4,7-8,10,12-13H2,1-3H3,(H,21,24). The van der Waals surface area contributed by atoms with E-state index in [9.17, 15) is 14.4 Å². The number of hydrogen-bond donors (Lipinski definition) is 1. The van der Waals surface area contributed by atoms with E-state index >= 15 is 0 Å². The van der Waals surface area contributed by atoms with E-state index < -0.39 is 12.1 Å². The molecule has 2 atom stereocenters. The maximum absolute atomic E-state index is 12.6. The van der Waals surface area contributed by atoms with Crippen LogP contribution in [0, 0.1) is 6.92 Å². The third kappa shape index (κ3) is 5.07. The molecule has 0 spiro atoms. The molecule has 1 aliphatic heterocycles. The van der Waals surface area contributed by atoms with Gasteiger partial charge < -0.3 is 15.0 Å². The number of rotatable bonds is 6. The fourth-order valence-corrected chi connectivity index (χ4v) is 3.31. The minimum atomic E-state index is -0.843. The monoisotopic (exact) mass is 360 g/mol. The molecular formula is C20H28N2O4. The van der Waals surface area contributed by atoms with Gasteiger partial charge in [-0.15, -0.1) is 0 Å². The number of hydrogen-bond acceptors (Lipinski definition) is 4. The third-order valence-corrected chi connectivity index (χ3v) is 4.82.